The number of methoxy groups -OCH3 is 1. The first kappa shape index (κ1) is 12.9. The number of carbonyl (C=O) groups is 1. The standard InChI is InChI=1S/C15H21NO2/c1-11-7-8-14(18-2)13(9-11)16-15(17)10-12-5-3-4-6-12/h7-9,12H,3-6,10H2,1-2H3,(H,16,17). The smallest absolute Gasteiger partial charge is 0.224 e. The number of hydrogen-bond donors (Lipinski definition) is 1. The van der Waals surface area contributed by atoms with Crippen LogP contribution in [0.2, 0.25) is 0 Å². The lowest BCUT2D eigenvalue weighted by molar-refractivity contribution is -0.117. The zero-order valence-corrected chi connectivity index (χ0v) is 11.2. The highest BCUT2D eigenvalue weighted by atomic mass is 16.5. The van der Waals surface area contributed by atoms with Gasteiger partial charge in [-0.3, -0.25) is 4.79 Å². The fourth-order valence-electron chi connectivity index (χ4n) is 2.60. The molecule has 1 amide bonds. The first-order valence-electron chi connectivity index (χ1n) is 6.63. The highest BCUT2D eigenvalue weighted by Crippen LogP contribution is 2.29. The van der Waals surface area contributed by atoms with E-state index < -0.39 is 0 Å². The Morgan fingerprint density at radius 1 is 1.39 bits per heavy atom. The average molecular weight is 247 g/mol. The van der Waals surface area contributed by atoms with E-state index in [1.807, 2.05) is 25.1 Å². The minimum absolute atomic E-state index is 0.103. The van der Waals surface area contributed by atoms with E-state index in [1.54, 1.807) is 7.11 Å². The van der Waals surface area contributed by atoms with E-state index >= 15 is 0 Å². The van der Waals surface area contributed by atoms with E-state index in [0.717, 1.165) is 17.0 Å². The third-order valence-electron chi connectivity index (χ3n) is 3.58. The Labute approximate surface area is 109 Å². The van der Waals surface area contributed by atoms with Gasteiger partial charge in [0.25, 0.3) is 0 Å². The Kier molecular flexibility index (Phi) is 4.24. The molecule has 3 nitrogen and oxygen atoms in total. The molecule has 0 unspecified atom stereocenters. The fourth-order valence-corrected chi connectivity index (χ4v) is 2.60. The molecule has 0 saturated heterocycles. The van der Waals surface area contributed by atoms with Crippen molar-refractivity contribution in [1.29, 1.82) is 0 Å². The molecule has 1 aliphatic carbocycles. The molecule has 0 aliphatic heterocycles. The molecular weight excluding hydrogens is 226 g/mol. The van der Waals surface area contributed by atoms with Crippen molar-refractivity contribution in [3.8, 4) is 5.75 Å². The molecule has 0 heterocycles. The number of aryl methyl sites for hydroxylation is 1. The summed E-state index contributed by atoms with van der Waals surface area (Å²) in [6.45, 7) is 2.01. The summed E-state index contributed by atoms with van der Waals surface area (Å²) in [6, 6.07) is 5.82. The van der Waals surface area contributed by atoms with E-state index in [4.69, 9.17) is 4.74 Å². The maximum Gasteiger partial charge on any atom is 0.224 e. The van der Waals surface area contributed by atoms with Crippen molar-refractivity contribution in [2.45, 2.75) is 39.0 Å². The minimum Gasteiger partial charge on any atom is -0.495 e. The third-order valence-corrected chi connectivity index (χ3v) is 3.58. The van der Waals surface area contributed by atoms with Crippen LogP contribution in [-0.4, -0.2) is 13.0 Å². The Morgan fingerprint density at radius 3 is 2.78 bits per heavy atom. The Bertz CT molecular complexity index is 423. The van der Waals surface area contributed by atoms with Gasteiger partial charge in [-0.15, -0.1) is 0 Å². The number of amides is 1. The van der Waals surface area contributed by atoms with Crippen LogP contribution in [0.3, 0.4) is 0 Å². The third kappa shape index (κ3) is 3.25. The lowest BCUT2D eigenvalue weighted by Crippen LogP contribution is -2.15. The zero-order valence-electron chi connectivity index (χ0n) is 11.2. The van der Waals surface area contributed by atoms with Gasteiger partial charge in [0.05, 0.1) is 12.8 Å². The van der Waals surface area contributed by atoms with Gasteiger partial charge in [-0.1, -0.05) is 18.9 Å². The first-order chi connectivity index (χ1) is 8.69. The zero-order chi connectivity index (χ0) is 13.0. The van der Waals surface area contributed by atoms with Gasteiger partial charge in [0.1, 0.15) is 5.75 Å². The van der Waals surface area contributed by atoms with Crippen LogP contribution in [0.15, 0.2) is 18.2 Å². The van der Waals surface area contributed by atoms with E-state index in [0.29, 0.717) is 12.3 Å². The van der Waals surface area contributed by atoms with Crippen molar-refractivity contribution in [2.24, 2.45) is 5.92 Å². The van der Waals surface area contributed by atoms with Crippen molar-refractivity contribution in [1.82, 2.24) is 0 Å². The maximum atomic E-state index is 12.0. The summed E-state index contributed by atoms with van der Waals surface area (Å²) in [5.74, 6) is 1.40. The Balaban J connectivity index is 1.99. The average Bonchev–Trinajstić information content (AvgIpc) is 2.82. The predicted octanol–water partition coefficient (Wildman–Crippen LogP) is 3.52. The van der Waals surface area contributed by atoms with Crippen LogP contribution in [0, 0.1) is 12.8 Å². The van der Waals surface area contributed by atoms with Gasteiger partial charge in [0.2, 0.25) is 5.91 Å². The van der Waals surface area contributed by atoms with Crippen molar-refractivity contribution < 1.29 is 9.53 Å². The second kappa shape index (κ2) is 5.89. The van der Waals surface area contributed by atoms with Crippen LogP contribution in [0.4, 0.5) is 5.69 Å². The molecule has 1 aliphatic rings. The molecule has 0 spiro atoms. The second-order valence-corrected chi connectivity index (χ2v) is 5.11. The van der Waals surface area contributed by atoms with E-state index in [9.17, 15) is 4.79 Å². The fraction of sp³-hybridized carbons (Fsp3) is 0.533. The SMILES string of the molecule is COc1ccc(C)cc1NC(=O)CC1CCCC1. The summed E-state index contributed by atoms with van der Waals surface area (Å²) >= 11 is 0. The summed E-state index contributed by atoms with van der Waals surface area (Å²) in [6.07, 6.45) is 5.56. The van der Waals surface area contributed by atoms with Crippen LogP contribution >= 0.6 is 0 Å². The first-order valence-corrected chi connectivity index (χ1v) is 6.63. The number of nitrogens with one attached hydrogen (secondary N) is 1. The summed E-state index contributed by atoms with van der Waals surface area (Å²) in [5, 5.41) is 2.97. The molecule has 0 aromatic heterocycles. The quantitative estimate of drug-likeness (QED) is 0.884. The molecule has 1 aromatic carbocycles. The molecule has 0 bridgehead atoms. The van der Waals surface area contributed by atoms with Crippen LogP contribution in [0.25, 0.3) is 0 Å². The molecule has 1 fully saturated rings. The van der Waals surface area contributed by atoms with Gasteiger partial charge in [0, 0.05) is 6.42 Å². The van der Waals surface area contributed by atoms with Crippen LogP contribution in [0.5, 0.6) is 5.75 Å². The van der Waals surface area contributed by atoms with E-state index in [2.05, 4.69) is 5.32 Å². The number of ether oxygens (including phenoxy) is 1. The van der Waals surface area contributed by atoms with Gasteiger partial charge in [-0.05, 0) is 43.4 Å². The van der Waals surface area contributed by atoms with E-state index in [-0.39, 0.29) is 5.91 Å². The van der Waals surface area contributed by atoms with Crippen molar-refractivity contribution in [2.75, 3.05) is 12.4 Å². The lowest BCUT2D eigenvalue weighted by atomic mass is 10.0. The van der Waals surface area contributed by atoms with Crippen LogP contribution in [-0.2, 0) is 4.79 Å². The minimum atomic E-state index is 0.103. The molecular formula is C15H21NO2. The van der Waals surface area contributed by atoms with Gasteiger partial charge in [-0.2, -0.15) is 0 Å². The molecule has 18 heavy (non-hydrogen) atoms. The molecule has 3 heteroatoms. The van der Waals surface area contributed by atoms with Crippen LogP contribution in [0.1, 0.15) is 37.7 Å². The summed E-state index contributed by atoms with van der Waals surface area (Å²) in [7, 11) is 1.62. The van der Waals surface area contributed by atoms with Crippen molar-refractivity contribution >= 4 is 11.6 Å². The highest BCUT2D eigenvalue weighted by molar-refractivity contribution is 5.92. The number of anilines is 1. The molecule has 2 rings (SSSR count). The predicted molar refractivity (Wildman–Crippen MR) is 72.9 cm³/mol. The Morgan fingerprint density at radius 2 is 2.11 bits per heavy atom. The maximum absolute atomic E-state index is 12.0. The number of hydrogen-bond acceptors (Lipinski definition) is 2. The van der Waals surface area contributed by atoms with E-state index in [1.165, 1.54) is 25.7 Å². The van der Waals surface area contributed by atoms with Crippen molar-refractivity contribution in [3.05, 3.63) is 23.8 Å². The van der Waals surface area contributed by atoms with Crippen molar-refractivity contribution in [3.63, 3.8) is 0 Å². The van der Waals surface area contributed by atoms with Crippen LogP contribution < -0.4 is 10.1 Å². The largest absolute Gasteiger partial charge is 0.495 e. The van der Waals surface area contributed by atoms with Gasteiger partial charge < -0.3 is 10.1 Å². The summed E-state index contributed by atoms with van der Waals surface area (Å²) < 4.78 is 5.26. The molecule has 98 valence electrons. The van der Waals surface area contributed by atoms with Gasteiger partial charge >= 0.3 is 0 Å². The molecule has 1 N–H and O–H groups in total. The normalized spacial score (nSPS) is 15.7. The molecule has 1 aromatic rings. The number of carbonyl (C=O) groups excluding carboxylic acids is 1. The topological polar surface area (TPSA) is 38.3 Å². The second-order valence-electron chi connectivity index (χ2n) is 5.11. The molecule has 0 atom stereocenters. The number of benzene rings is 1. The highest BCUT2D eigenvalue weighted by Gasteiger charge is 2.19. The summed E-state index contributed by atoms with van der Waals surface area (Å²) in [4.78, 5) is 12.0. The Hall–Kier alpha value is -1.51. The molecule has 0 radical (unpaired) electrons. The summed E-state index contributed by atoms with van der Waals surface area (Å²) in [5.41, 5.74) is 1.90. The number of rotatable bonds is 4. The van der Waals surface area contributed by atoms with Gasteiger partial charge in [-0.25, -0.2) is 0 Å². The molecule has 1 saturated carbocycles. The monoisotopic (exact) mass is 247 g/mol. The van der Waals surface area contributed by atoms with Gasteiger partial charge in [0.15, 0.2) is 0 Å². The lowest BCUT2D eigenvalue weighted by Gasteiger charge is -2.13.